The van der Waals surface area contributed by atoms with Gasteiger partial charge in [-0.2, -0.15) is 34.3 Å². The quantitative estimate of drug-likeness (QED) is 0.672. The number of rotatable bonds is 3. The molecule has 2 nitrogen and oxygen atoms in total. The van der Waals surface area contributed by atoms with Crippen LogP contribution in [0.15, 0.2) is 0 Å². The molecule has 1 unspecified atom stereocenters. The van der Waals surface area contributed by atoms with E-state index in [0.29, 0.717) is 0 Å². The lowest BCUT2D eigenvalue weighted by Crippen LogP contribution is -2.17. The Morgan fingerprint density at radius 2 is 1.82 bits per heavy atom. The highest BCUT2D eigenvalue weighted by atomic mass is 32.2. The lowest BCUT2D eigenvalue weighted by molar-refractivity contribution is 0.410. The van der Waals surface area contributed by atoms with E-state index in [4.69, 9.17) is 0 Å². The van der Waals surface area contributed by atoms with Crippen LogP contribution in [-0.2, 0) is 0 Å². The van der Waals surface area contributed by atoms with E-state index in [1.807, 2.05) is 0 Å². The third kappa shape index (κ3) is 2.65. The average Bonchev–Trinajstić information content (AvgIpc) is 2.79. The average molecular weight is 266 g/mol. The second-order valence-corrected chi connectivity index (χ2v) is 5.12. The Morgan fingerprint density at radius 3 is 2.35 bits per heavy atom. The van der Waals surface area contributed by atoms with Crippen molar-refractivity contribution in [3.05, 3.63) is 23.5 Å². The lowest BCUT2D eigenvalue weighted by Gasteiger charge is -2.12. The first-order valence-electron chi connectivity index (χ1n) is 5.15. The summed E-state index contributed by atoms with van der Waals surface area (Å²) < 4.78 is 52.0. The number of nitrogens with zero attached hydrogens (tertiary/aromatic N) is 1. The fourth-order valence-corrected chi connectivity index (χ4v) is 2.86. The second-order valence-electron chi connectivity index (χ2n) is 3.71. The summed E-state index contributed by atoms with van der Waals surface area (Å²) >= 11 is 1.67. The Balaban J connectivity index is 2.13. The summed E-state index contributed by atoms with van der Waals surface area (Å²) in [7, 11) is 0. The fourth-order valence-electron chi connectivity index (χ4n) is 1.66. The molecule has 1 aromatic heterocycles. The Labute approximate surface area is 99.8 Å². The SMILES string of the molecule is Fc1nc(F)c(F)c(NCC2CCCS2)c1F. The normalized spacial score (nSPS) is 19.6. The molecule has 0 amide bonds. The van der Waals surface area contributed by atoms with Crippen LogP contribution in [0.25, 0.3) is 0 Å². The maximum atomic E-state index is 13.2. The van der Waals surface area contributed by atoms with E-state index in [-0.39, 0.29) is 11.8 Å². The van der Waals surface area contributed by atoms with Gasteiger partial charge in [0.1, 0.15) is 5.69 Å². The third-order valence-corrected chi connectivity index (χ3v) is 3.93. The van der Waals surface area contributed by atoms with Crippen LogP contribution in [0.2, 0.25) is 0 Å². The maximum absolute atomic E-state index is 13.2. The first kappa shape index (κ1) is 12.5. The minimum absolute atomic E-state index is 0.216. The number of anilines is 1. The molecule has 17 heavy (non-hydrogen) atoms. The van der Waals surface area contributed by atoms with Crippen molar-refractivity contribution in [2.75, 3.05) is 17.6 Å². The molecule has 0 saturated carbocycles. The molecule has 1 fully saturated rings. The highest BCUT2D eigenvalue weighted by molar-refractivity contribution is 8.00. The number of hydrogen-bond acceptors (Lipinski definition) is 3. The van der Waals surface area contributed by atoms with E-state index in [1.165, 1.54) is 0 Å². The van der Waals surface area contributed by atoms with E-state index in [0.717, 1.165) is 18.6 Å². The van der Waals surface area contributed by atoms with Crippen LogP contribution in [-0.4, -0.2) is 22.5 Å². The first-order chi connectivity index (χ1) is 8.09. The van der Waals surface area contributed by atoms with Crippen LogP contribution in [0.5, 0.6) is 0 Å². The molecule has 1 aliphatic rings. The summed E-state index contributed by atoms with van der Waals surface area (Å²) in [6.45, 7) is 0.279. The largest absolute Gasteiger partial charge is 0.379 e. The van der Waals surface area contributed by atoms with Crippen molar-refractivity contribution in [3.8, 4) is 0 Å². The molecule has 0 spiro atoms. The Bertz CT molecular complexity index is 395. The zero-order valence-corrected chi connectivity index (χ0v) is 9.59. The van der Waals surface area contributed by atoms with Gasteiger partial charge in [-0.05, 0) is 18.6 Å². The van der Waals surface area contributed by atoms with Crippen LogP contribution in [0, 0.1) is 23.5 Å². The molecular weight excluding hydrogens is 256 g/mol. The molecule has 1 atom stereocenters. The maximum Gasteiger partial charge on any atom is 0.253 e. The molecule has 2 rings (SSSR count). The zero-order chi connectivity index (χ0) is 12.4. The van der Waals surface area contributed by atoms with E-state index in [9.17, 15) is 17.6 Å². The minimum Gasteiger partial charge on any atom is -0.379 e. The van der Waals surface area contributed by atoms with Crippen molar-refractivity contribution >= 4 is 17.4 Å². The predicted octanol–water partition coefficient (Wildman–Crippen LogP) is 2.95. The van der Waals surface area contributed by atoms with Crippen LogP contribution >= 0.6 is 11.8 Å². The topological polar surface area (TPSA) is 24.9 Å². The number of halogens is 4. The fraction of sp³-hybridized carbons (Fsp3) is 0.500. The van der Waals surface area contributed by atoms with E-state index >= 15 is 0 Å². The number of hydrogen-bond donors (Lipinski definition) is 1. The predicted molar refractivity (Wildman–Crippen MR) is 58.0 cm³/mol. The van der Waals surface area contributed by atoms with Gasteiger partial charge in [-0.25, -0.2) is 0 Å². The number of pyridine rings is 1. The molecule has 1 aliphatic heterocycles. The van der Waals surface area contributed by atoms with Crippen molar-refractivity contribution in [2.24, 2.45) is 0 Å². The van der Waals surface area contributed by atoms with Gasteiger partial charge in [-0.3, -0.25) is 0 Å². The molecule has 1 aromatic rings. The summed E-state index contributed by atoms with van der Waals surface area (Å²) in [6.07, 6.45) is 1.97. The number of aromatic nitrogens is 1. The molecular formula is C10H10F4N2S. The van der Waals surface area contributed by atoms with E-state index in [2.05, 4.69) is 10.3 Å². The zero-order valence-electron chi connectivity index (χ0n) is 8.77. The Kier molecular flexibility index (Phi) is 3.76. The van der Waals surface area contributed by atoms with Crippen LogP contribution in [0.4, 0.5) is 23.2 Å². The van der Waals surface area contributed by atoms with Gasteiger partial charge in [0.15, 0.2) is 0 Å². The first-order valence-corrected chi connectivity index (χ1v) is 6.20. The van der Waals surface area contributed by atoms with Crippen molar-refractivity contribution in [2.45, 2.75) is 18.1 Å². The smallest absolute Gasteiger partial charge is 0.253 e. The van der Waals surface area contributed by atoms with Crippen molar-refractivity contribution in [1.82, 2.24) is 4.98 Å². The molecule has 94 valence electrons. The Hall–Kier alpha value is -0.980. The monoisotopic (exact) mass is 266 g/mol. The van der Waals surface area contributed by atoms with Gasteiger partial charge < -0.3 is 5.32 Å². The van der Waals surface area contributed by atoms with Gasteiger partial charge in [-0.1, -0.05) is 0 Å². The van der Waals surface area contributed by atoms with Crippen molar-refractivity contribution in [1.29, 1.82) is 0 Å². The van der Waals surface area contributed by atoms with Crippen LogP contribution in [0.3, 0.4) is 0 Å². The highest BCUT2D eigenvalue weighted by Gasteiger charge is 2.22. The van der Waals surface area contributed by atoms with Gasteiger partial charge in [0.2, 0.25) is 11.6 Å². The van der Waals surface area contributed by atoms with Crippen LogP contribution in [0.1, 0.15) is 12.8 Å². The molecule has 0 bridgehead atoms. The van der Waals surface area contributed by atoms with E-state index < -0.39 is 29.2 Å². The second kappa shape index (κ2) is 5.12. The molecule has 1 saturated heterocycles. The van der Waals surface area contributed by atoms with Gasteiger partial charge in [0.25, 0.3) is 11.9 Å². The standard InChI is InChI=1S/C10H10F4N2S/c11-6-8(7(12)10(14)16-9(6)13)15-4-5-2-1-3-17-5/h5H,1-4H2,(H,15,16). The van der Waals surface area contributed by atoms with Gasteiger partial charge in [-0.15, -0.1) is 0 Å². The molecule has 0 aromatic carbocycles. The summed E-state index contributed by atoms with van der Waals surface area (Å²) in [5, 5.41) is 2.63. The van der Waals surface area contributed by atoms with Gasteiger partial charge in [0, 0.05) is 11.8 Å². The summed E-state index contributed by atoms with van der Waals surface area (Å²) in [4.78, 5) is 2.48. The molecule has 2 heterocycles. The minimum atomic E-state index is -1.63. The van der Waals surface area contributed by atoms with Crippen LogP contribution < -0.4 is 5.32 Å². The lowest BCUT2D eigenvalue weighted by atomic mass is 10.2. The van der Waals surface area contributed by atoms with Gasteiger partial charge in [0.05, 0.1) is 0 Å². The van der Waals surface area contributed by atoms with Crippen molar-refractivity contribution < 1.29 is 17.6 Å². The molecule has 0 aliphatic carbocycles. The molecule has 1 N–H and O–H groups in total. The van der Waals surface area contributed by atoms with E-state index in [1.54, 1.807) is 11.8 Å². The third-order valence-electron chi connectivity index (χ3n) is 2.53. The number of thioether (sulfide) groups is 1. The molecule has 7 heteroatoms. The van der Waals surface area contributed by atoms with Gasteiger partial charge >= 0.3 is 0 Å². The van der Waals surface area contributed by atoms with Crippen molar-refractivity contribution in [3.63, 3.8) is 0 Å². The highest BCUT2D eigenvalue weighted by Crippen LogP contribution is 2.28. The summed E-state index contributed by atoms with van der Waals surface area (Å²) in [5.74, 6) is -5.23. The molecule has 0 radical (unpaired) electrons. The summed E-state index contributed by atoms with van der Waals surface area (Å²) in [5.41, 5.74) is -0.775. The summed E-state index contributed by atoms with van der Waals surface area (Å²) in [6, 6.07) is 0. The Morgan fingerprint density at radius 1 is 1.18 bits per heavy atom. The number of nitrogens with one attached hydrogen (secondary N) is 1.